The Morgan fingerprint density at radius 2 is 2.24 bits per heavy atom. The summed E-state index contributed by atoms with van der Waals surface area (Å²) in [6.45, 7) is 3.47. The molecule has 21 heavy (non-hydrogen) atoms. The average Bonchev–Trinajstić information content (AvgIpc) is 3.13. The van der Waals surface area contributed by atoms with Crippen molar-refractivity contribution in [2.45, 2.75) is 39.0 Å². The maximum absolute atomic E-state index is 11.3. The number of aryl methyl sites for hydroxylation is 2. The van der Waals surface area contributed by atoms with Crippen LogP contribution < -0.4 is 5.32 Å². The van der Waals surface area contributed by atoms with E-state index in [4.69, 9.17) is 4.74 Å². The number of nitrogens with one attached hydrogen (secondary N) is 1. The van der Waals surface area contributed by atoms with E-state index in [9.17, 15) is 10.1 Å². The molecule has 7 heteroatoms. The molecule has 1 aliphatic carbocycles. The smallest absolute Gasteiger partial charge is 0.333 e. The van der Waals surface area contributed by atoms with Crippen molar-refractivity contribution >= 4 is 11.5 Å². The fraction of sp³-hybridized carbons (Fsp3) is 0.786. The van der Waals surface area contributed by atoms with Gasteiger partial charge in [0.25, 0.3) is 0 Å². The molecule has 118 valence electrons. The lowest BCUT2D eigenvalue weighted by Crippen LogP contribution is -2.19. The highest BCUT2D eigenvalue weighted by atomic mass is 16.6. The minimum atomic E-state index is -0.324. The predicted molar refractivity (Wildman–Crippen MR) is 80.5 cm³/mol. The predicted octanol–water partition coefficient (Wildman–Crippen LogP) is 2.51. The number of hydrogen-bond donors (Lipinski definition) is 1. The maximum atomic E-state index is 11.3. The first-order valence-corrected chi connectivity index (χ1v) is 7.46. The zero-order chi connectivity index (χ0) is 15.5. The Kier molecular flexibility index (Phi) is 4.82. The summed E-state index contributed by atoms with van der Waals surface area (Å²) in [4.78, 5) is 11.0. The van der Waals surface area contributed by atoms with Crippen molar-refractivity contribution < 1.29 is 9.66 Å². The Bertz CT molecular complexity index is 509. The molecule has 1 N–H and O–H groups in total. The number of rotatable bonds is 9. The van der Waals surface area contributed by atoms with Gasteiger partial charge in [-0.05, 0) is 31.1 Å². The van der Waals surface area contributed by atoms with Gasteiger partial charge < -0.3 is 10.1 Å². The molecule has 0 radical (unpaired) electrons. The molecule has 7 nitrogen and oxygen atoms in total. The second-order valence-corrected chi connectivity index (χ2v) is 5.87. The standard InChI is InChI=1S/C14H24N4O3/c1-4-5-11-12(18(19)20)13(17(2)16-11)15-10-14(6-7-14)8-9-21-3/h15H,4-10H2,1-3H3. The summed E-state index contributed by atoms with van der Waals surface area (Å²) in [6.07, 6.45) is 4.76. The van der Waals surface area contributed by atoms with Gasteiger partial charge in [-0.15, -0.1) is 0 Å². The molecule has 1 aliphatic rings. The van der Waals surface area contributed by atoms with E-state index >= 15 is 0 Å². The summed E-state index contributed by atoms with van der Waals surface area (Å²) >= 11 is 0. The number of anilines is 1. The molecule has 0 atom stereocenters. The third-order valence-electron chi connectivity index (χ3n) is 4.19. The van der Waals surface area contributed by atoms with Gasteiger partial charge in [-0.25, -0.2) is 4.68 Å². The molecule has 1 aromatic heterocycles. The highest BCUT2D eigenvalue weighted by Gasteiger charge is 2.42. The van der Waals surface area contributed by atoms with Crippen LogP contribution in [0.2, 0.25) is 0 Å². The molecule has 1 aromatic rings. The van der Waals surface area contributed by atoms with Crippen LogP contribution in [0.25, 0.3) is 0 Å². The first-order valence-electron chi connectivity index (χ1n) is 7.46. The van der Waals surface area contributed by atoms with Gasteiger partial charge in [-0.1, -0.05) is 13.3 Å². The largest absolute Gasteiger partial charge is 0.385 e. The molecule has 0 aliphatic heterocycles. The zero-order valence-corrected chi connectivity index (χ0v) is 13.0. The average molecular weight is 296 g/mol. The monoisotopic (exact) mass is 296 g/mol. The summed E-state index contributed by atoms with van der Waals surface area (Å²) in [7, 11) is 3.45. The van der Waals surface area contributed by atoms with E-state index in [1.165, 1.54) is 0 Å². The van der Waals surface area contributed by atoms with Crippen molar-refractivity contribution in [1.29, 1.82) is 0 Å². The van der Waals surface area contributed by atoms with Crippen LogP contribution in [-0.2, 0) is 18.2 Å². The van der Waals surface area contributed by atoms with Gasteiger partial charge in [-0.2, -0.15) is 5.10 Å². The molecule has 1 heterocycles. The van der Waals surface area contributed by atoms with Crippen LogP contribution in [-0.4, -0.2) is 35.0 Å². The summed E-state index contributed by atoms with van der Waals surface area (Å²) in [5.41, 5.74) is 0.926. The Morgan fingerprint density at radius 3 is 2.76 bits per heavy atom. The zero-order valence-electron chi connectivity index (χ0n) is 13.0. The Labute approximate surface area is 124 Å². The second kappa shape index (κ2) is 6.43. The van der Waals surface area contributed by atoms with Crippen LogP contribution >= 0.6 is 0 Å². The van der Waals surface area contributed by atoms with Crippen molar-refractivity contribution in [2.75, 3.05) is 25.6 Å². The Balaban J connectivity index is 2.10. The minimum Gasteiger partial charge on any atom is -0.385 e. The summed E-state index contributed by atoms with van der Waals surface area (Å²) < 4.78 is 6.73. The van der Waals surface area contributed by atoms with Crippen LogP contribution in [0, 0.1) is 15.5 Å². The highest BCUT2D eigenvalue weighted by molar-refractivity contribution is 5.60. The fourth-order valence-electron chi connectivity index (χ4n) is 2.65. The van der Waals surface area contributed by atoms with E-state index in [0.717, 1.165) is 38.8 Å². The summed E-state index contributed by atoms with van der Waals surface area (Å²) in [5.74, 6) is 0.521. The van der Waals surface area contributed by atoms with Crippen LogP contribution in [0.4, 0.5) is 11.5 Å². The van der Waals surface area contributed by atoms with Crippen molar-refractivity contribution in [3.05, 3.63) is 15.8 Å². The van der Waals surface area contributed by atoms with Crippen LogP contribution in [0.1, 0.15) is 38.3 Å². The lowest BCUT2D eigenvalue weighted by molar-refractivity contribution is -0.384. The molecule has 2 rings (SSSR count). The highest BCUT2D eigenvalue weighted by Crippen LogP contribution is 2.49. The molecular formula is C14H24N4O3. The number of aromatic nitrogens is 2. The van der Waals surface area contributed by atoms with Crippen molar-refractivity contribution in [3.8, 4) is 0 Å². The lowest BCUT2D eigenvalue weighted by Gasteiger charge is -2.15. The van der Waals surface area contributed by atoms with Gasteiger partial charge in [-0.3, -0.25) is 10.1 Å². The van der Waals surface area contributed by atoms with Gasteiger partial charge in [0.2, 0.25) is 5.82 Å². The first-order chi connectivity index (χ1) is 10.0. The van der Waals surface area contributed by atoms with E-state index in [1.807, 2.05) is 6.92 Å². The van der Waals surface area contributed by atoms with Crippen LogP contribution in [0.5, 0.6) is 0 Å². The maximum Gasteiger partial charge on any atom is 0.333 e. The van der Waals surface area contributed by atoms with Gasteiger partial charge in [0.1, 0.15) is 5.69 Å². The topological polar surface area (TPSA) is 82.2 Å². The summed E-state index contributed by atoms with van der Waals surface area (Å²) in [5, 5.41) is 18.9. The normalized spacial score (nSPS) is 16.0. The number of methoxy groups -OCH3 is 1. The molecule has 0 bridgehead atoms. The van der Waals surface area contributed by atoms with E-state index in [1.54, 1.807) is 18.8 Å². The van der Waals surface area contributed by atoms with Gasteiger partial charge in [0.15, 0.2) is 0 Å². The molecule has 0 saturated heterocycles. The van der Waals surface area contributed by atoms with Gasteiger partial charge in [0.05, 0.1) is 4.92 Å². The number of nitrogens with zero attached hydrogens (tertiary/aromatic N) is 3. The van der Waals surface area contributed by atoms with Crippen LogP contribution in [0.15, 0.2) is 0 Å². The number of hydrogen-bond acceptors (Lipinski definition) is 5. The molecule has 0 unspecified atom stereocenters. The second-order valence-electron chi connectivity index (χ2n) is 5.87. The molecule has 1 saturated carbocycles. The van der Waals surface area contributed by atoms with Crippen molar-refractivity contribution in [1.82, 2.24) is 9.78 Å². The first kappa shape index (κ1) is 15.8. The Hall–Kier alpha value is -1.63. The van der Waals surface area contributed by atoms with E-state index < -0.39 is 0 Å². The third kappa shape index (κ3) is 3.53. The van der Waals surface area contributed by atoms with Crippen molar-refractivity contribution in [3.63, 3.8) is 0 Å². The van der Waals surface area contributed by atoms with Crippen LogP contribution in [0.3, 0.4) is 0 Å². The Morgan fingerprint density at radius 1 is 1.52 bits per heavy atom. The third-order valence-corrected chi connectivity index (χ3v) is 4.19. The number of nitro groups is 1. The molecule has 0 spiro atoms. The van der Waals surface area contributed by atoms with E-state index in [0.29, 0.717) is 17.9 Å². The number of ether oxygens (including phenoxy) is 1. The molecule has 0 amide bonds. The molecular weight excluding hydrogens is 272 g/mol. The fourth-order valence-corrected chi connectivity index (χ4v) is 2.65. The van der Waals surface area contributed by atoms with E-state index in [-0.39, 0.29) is 16.0 Å². The lowest BCUT2D eigenvalue weighted by atomic mass is 10.0. The minimum absolute atomic E-state index is 0.127. The SMILES string of the molecule is CCCc1nn(C)c(NCC2(CCOC)CC2)c1[N+](=O)[O-]. The molecule has 0 aromatic carbocycles. The van der Waals surface area contributed by atoms with E-state index in [2.05, 4.69) is 10.4 Å². The summed E-state index contributed by atoms with van der Waals surface area (Å²) in [6, 6.07) is 0. The van der Waals surface area contributed by atoms with Gasteiger partial charge >= 0.3 is 5.69 Å². The van der Waals surface area contributed by atoms with Crippen molar-refractivity contribution in [2.24, 2.45) is 12.5 Å². The van der Waals surface area contributed by atoms with Gasteiger partial charge in [0, 0.05) is 27.3 Å². The molecule has 1 fully saturated rings. The quantitative estimate of drug-likeness (QED) is 0.559.